The molecule has 0 aliphatic carbocycles. The molecule has 0 atom stereocenters. The van der Waals surface area contributed by atoms with Gasteiger partial charge < -0.3 is 4.98 Å². The van der Waals surface area contributed by atoms with Crippen molar-refractivity contribution in [3.8, 4) is 11.4 Å². The third kappa shape index (κ3) is 1.74. The predicted molar refractivity (Wildman–Crippen MR) is 78.1 cm³/mol. The number of hydrogen-bond acceptors (Lipinski definition) is 4. The lowest BCUT2D eigenvalue weighted by atomic mass is 10.2. The second-order valence-corrected chi connectivity index (χ2v) is 5.05. The maximum Gasteiger partial charge on any atom is 0.348 e. The molecule has 1 N–H and O–H groups in total. The summed E-state index contributed by atoms with van der Waals surface area (Å²) in [7, 11) is 1.82. The van der Waals surface area contributed by atoms with Gasteiger partial charge in [-0.15, -0.1) is 5.10 Å². The van der Waals surface area contributed by atoms with E-state index in [1.165, 1.54) is 4.52 Å². The molecule has 7 nitrogen and oxygen atoms in total. The number of aryl methyl sites for hydroxylation is 2. The highest BCUT2D eigenvalue weighted by Gasteiger charge is 2.13. The number of hydrogen-bond donors (Lipinski definition) is 1. The molecule has 0 unspecified atom stereocenters. The molecule has 7 heteroatoms. The largest absolute Gasteiger partial charge is 0.348 e. The van der Waals surface area contributed by atoms with Gasteiger partial charge in [0.15, 0.2) is 11.5 Å². The zero-order chi connectivity index (χ0) is 14.6. The number of rotatable bonds is 1. The Morgan fingerprint density at radius 2 is 2.14 bits per heavy atom. The summed E-state index contributed by atoms with van der Waals surface area (Å²) in [5, 5.41) is 9.24. The number of aromatic amines is 1. The van der Waals surface area contributed by atoms with E-state index in [4.69, 9.17) is 0 Å². The maximum atomic E-state index is 12.1. The minimum atomic E-state index is -0.300. The average molecular weight is 280 g/mol. The van der Waals surface area contributed by atoms with Crippen molar-refractivity contribution in [2.24, 2.45) is 7.05 Å². The first-order valence-electron chi connectivity index (χ1n) is 6.50. The van der Waals surface area contributed by atoms with Gasteiger partial charge in [-0.25, -0.2) is 9.78 Å². The van der Waals surface area contributed by atoms with Crippen molar-refractivity contribution in [2.45, 2.75) is 6.92 Å². The molecule has 0 fully saturated rings. The van der Waals surface area contributed by atoms with Crippen molar-refractivity contribution in [1.29, 1.82) is 0 Å². The van der Waals surface area contributed by atoms with Crippen molar-refractivity contribution < 1.29 is 0 Å². The summed E-state index contributed by atoms with van der Waals surface area (Å²) in [6, 6.07) is 5.85. The summed E-state index contributed by atoms with van der Waals surface area (Å²) in [6.45, 7) is 1.98. The summed E-state index contributed by atoms with van der Waals surface area (Å²) in [5.74, 6) is 0.488. The summed E-state index contributed by atoms with van der Waals surface area (Å²) < 4.78 is 2.97. The number of nitrogens with one attached hydrogen (secondary N) is 1. The Morgan fingerprint density at radius 3 is 2.90 bits per heavy atom. The molecule has 0 amide bonds. The Kier molecular flexibility index (Phi) is 2.26. The van der Waals surface area contributed by atoms with Crippen LogP contribution in [0, 0.1) is 6.92 Å². The standard InChI is InChI=1S/C14H12N6O/c1-8-3-4-10-11(5-8)16-14(21)20-13(10)17-12(18-20)9-6-15-19(2)7-9/h3-7H,1-2H3,(H,16,21). The zero-order valence-corrected chi connectivity index (χ0v) is 11.5. The lowest BCUT2D eigenvalue weighted by Gasteiger charge is -2.00. The molecule has 0 saturated carbocycles. The molecule has 1 aromatic carbocycles. The predicted octanol–water partition coefficient (Wildman–Crippen LogP) is 1.28. The summed E-state index contributed by atoms with van der Waals surface area (Å²) >= 11 is 0. The van der Waals surface area contributed by atoms with Crippen LogP contribution in [0.25, 0.3) is 27.9 Å². The van der Waals surface area contributed by atoms with Crippen LogP contribution in [0.3, 0.4) is 0 Å². The Labute approximate surface area is 118 Å². The highest BCUT2D eigenvalue weighted by molar-refractivity contribution is 5.91. The first-order valence-corrected chi connectivity index (χ1v) is 6.50. The minimum absolute atomic E-state index is 0.300. The van der Waals surface area contributed by atoms with Gasteiger partial charge >= 0.3 is 5.69 Å². The van der Waals surface area contributed by atoms with Gasteiger partial charge in [0.2, 0.25) is 0 Å². The normalized spacial score (nSPS) is 11.5. The van der Waals surface area contributed by atoms with Gasteiger partial charge in [-0.05, 0) is 24.6 Å². The first-order chi connectivity index (χ1) is 10.1. The Balaban J connectivity index is 2.08. The van der Waals surface area contributed by atoms with Crippen molar-refractivity contribution in [2.75, 3.05) is 0 Å². The Morgan fingerprint density at radius 1 is 1.29 bits per heavy atom. The SMILES string of the molecule is Cc1ccc2c(c1)[nH]c(=O)n1nc(-c3cnn(C)c3)nc21. The Hall–Kier alpha value is -2.96. The molecule has 0 bridgehead atoms. The van der Waals surface area contributed by atoms with E-state index >= 15 is 0 Å². The van der Waals surface area contributed by atoms with Gasteiger partial charge in [-0.2, -0.15) is 9.61 Å². The van der Waals surface area contributed by atoms with E-state index < -0.39 is 0 Å². The number of aromatic nitrogens is 6. The van der Waals surface area contributed by atoms with Gasteiger partial charge in [0.05, 0.1) is 17.3 Å². The smallest absolute Gasteiger partial charge is 0.305 e. The van der Waals surface area contributed by atoms with Crippen LogP contribution in [0.1, 0.15) is 5.56 Å². The fraction of sp³-hybridized carbons (Fsp3) is 0.143. The number of fused-ring (bicyclic) bond motifs is 3. The quantitative estimate of drug-likeness (QED) is 0.569. The van der Waals surface area contributed by atoms with Crippen molar-refractivity contribution in [3.05, 3.63) is 46.6 Å². The molecule has 0 radical (unpaired) electrons. The van der Waals surface area contributed by atoms with Crippen LogP contribution in [0.4, 0.5) is 0 Å². The van der Waals surface area contributed by atoms with Crippen molar-refractivity contribution in [1.82, 2.24) is 29.4 Å². The molecule has 0 aliphatic rings. The summed E-state index contributed by atoms with van der Waals surface area (Å²) in [6.07, 6.45) is 3.49. The minimum Gasteiger partial charge on any atom is -0.305 e. The van der Waals surface area contributed by atoms with Gasteiger partial charge in [0.25, 0.3) is 0 Å². The molecule has 3 heterocycles. The fourth-order valence-electron chi connectivity index (χ4n) is 2.41. The second-order valence-electron chi connectivity index (χ2n) is 5.05. The van der Waals surface area contributed by atoms with E-state index in [-0.39, 0.29) is 5.69 Å². The van der Waals surface area contributed by atoms with E-state index in [2.05, 4.69) is 20.2 Å². The van der Waals surface area contributed by atoms with E-state index in [1.807, 2.05) is 38.4 Å². The van der Waals surface area contributed by atoms with E-state index in [9.17, 15) is 4.79 Å². The van der Waals surface area contributed by atoms with Crippen LogP contribution >= 0.6 is 0 Å². The molecule has 4 rings (SSSR count). The highest BCUT2D eigenvalue weighted by atomic mass is 16.1. The molecule has 0 spiro atoms. The van der Waals surface area contributed by atoms with Crippen LogP contribution in [-0.4, -0.2) is 29.4 Å². The van der Waals surface area contributed by atoms with Crippen LogP contribution in [-0.2, 0) is 7.05 Å². The third-order valence-corrected chi connectivity index (χ3v) is 3.42. The molecular weight excluding hydrogens is 268 g/mol. The average Bonchev–Trinajstić information content (AvgIpc) is 3.05. The van der Waals surface area contributed by atoms with Crippen LogP contribution < -0.4 is 5.69 Å². The molecule has 104 valence electrons. The lowest BCUT2D eigenvalue weighted by Crippen LogP contribution is -2.17. The van der Waals surface area contributed by atoms with Gasteiger partial charge in [-0.1, -0.05) is 6.07 Å². The molecule has 21 heavy (non-hydrogen) atoms. The van der Waals surface area contributed by atoms with Crippen molar-refractivity contribution in [3.63, 3.8) is 0 Å². The fourth-order valence-corrected chi connectivity index (χ4v) is 2.41. The topological polar surface area (TPSA) is 80.9 Å². The number of nitrogens with zero attached hydrogens (tertiary/aromatic N) is 5. The lowest BCUT2D eigenvalue weighted by molar-refractivity contribution is 0.768. The van der Waals surface area contributed by atoms with E-state index in [1.54, 1.807) is 10.9 Å². The molecule has 4 aromatic rings. The Bertz CT molecular complexity index is 1040. The monoisotopic (exact) mass is 280 g/mol. The van der Waals surface area contributed by atoms with Crippen LogP contribution in [0.2, 0.25) is 0 Å². The molecule has 3 aromatic heterocycles. The second kappa shape index (κ2) is 4.02. The van der Waals surface area contributed by atoms with Crippen LogP contribution in [0.15, 0.2) is 35.4 Å². The first kappa shape index (κ1) is 11.8. The molecule has 0 aliphatic heterocycles. The zero-order valence-electron chi connectivity index (χ0n) is 11.5. The van der Waals surface area contributed by atoms with Gasteiger partial charge in [0, 0.05) is 18.6 Å². The van der Waals surface area contributed by atoms with Crippen LogP contribution in [0.5, 0.6) is 0 Å². The summed E-state index contributed by atoms with van der Waals surface area (Å²) in [5.41, 5.74) is 2.87. The molecule has 0 saturated heterocycles. The van der Waals surface area contributed by atoms with Gasteiger partial charge in [-0.3, -0.25) is 4.68 Å². The summed E-state index contributed by atoms with van der Waals surface area (Å²) in [4.78, 5) is 19.5. The van der Waals surface area contributed by atoms with Crippen molar-refractivity contribution >= 4 is 16.6 Å². The number of H-pyrrole nitrogens is 1. The third-order valence-electron chi connectivity index (χ3n) is 3.42. The highest BCUT2D eigenvalue weighted by Crippen LogP contribution is 2.20. The molecular formula is C14H12N6O. The van der Waals surface area contributed by atoms with Gasteiger partial charge in [0.1, 0.15) is 0 Å². The number of benzene rings is 1. The van der Waals surface area contributed by atoms with E-state index in [0.717, 1.165) is 22.0 Å². The van der Waals surface area contributed by atoms with E-state index in [0.29, 0.717) is 11.5 Å². The maximum absolute atomic E-state index is 12.1.